The Morgan fingerprint density at radius 1 is 1.31 bits per heavy atom. The molecule has 0 aromatic carbocycles. The predicted octanol–water partition coefficient (Wildman–Crippen LogP) is 1.96. The van der Waals surface area contributed by atoms with Crippen LogP contribution in [0.4, 0.5) is 0 Å². The lowest BCUT2D eigenvalue weighted by atomic mass is 10.1. The maximum absolute atomic E-state index is 10.6. The molecule has 2 aromatic heterocycles. The number of ether oxygens (including phenoxy) is 1. The van der Waals surface area contributed by atoms with Gasteiger partial charge in [0.1, 0.15) is 0 Å². The van der Waals surface area contributed by atoms with Crippen LogP contribution in [0.3, 0.4) is 0 Å². The Morgan fingerprint density at radius 2 is 2.19 bits per heavy atom. The van der Waals surface area contributed by atoms with E-state index in [1.54, 1.807) is 25.4 Å². The number of aromatic nitrogens is 2. The van der Waals surface area contributed by atoms with Gasteiger partial charge in [0.05, 0.1) is 12.8 Å². The smallest absolute Gasteiger partial charge is 0.213 e. The van der Waals surface area contributed by atoms with Crippen LogP contribution < -0.4 is 4.74 Å². The number of methoxy groups -OCH3 is 1. The first-order valence-corrected chi connectivity index (χ1v) is 4.75. The Hall–Kier alpha value is -2.23. The van der Waals surface area contributed by atoms with Crippen molar-refractivity contribution in [3.05, 3.63) is 42.2 Å². The Bertz CT molecular complexity index is 512. The molecule has 0 atom stereocenters. The number of nitrogens with zero attached hydrogens (tertiary/aromatic N) is 2. The fraction of sp³-hybridized carbons (Fsp3) is 0.0833. The number of aldehydes is 1. The summed E-state index contributed by atoms with van der Waals surface area (Å²) in [6.07, 6.45) is 3.93. The molecule has 2 aromatic rings. The lowest BCUT2D eigenvalue weighted by molar-refractivity contribution is 0.112. The number of hydrogen-bond donors (Lipinski definition) is 0. The van der Waals surface area contributed by atoms with Gasteiger partial charge in [0, 0.05) is 29.6 Å². The highest BCUT2D eigenvalue weighted by atomic mass is 16.5. The third kappa shape index (κ3) is 2.06. The highest BCUT2D eigenvalue weighted by molar-refractivity contribution is 5.77. The van der Waals surface area contributed by atoms with Crippen LogP contribution in [0, 0.1) is 0 Å². The zero-order valence-electron chi connectivity index (χ0n) is 8.75. The molecule has 0 spiro atoms. The minimum Gasteiger partial charge on any atom is -0.481 e. The summed E-state index contributed by atoms with van der Waals surface area (Å²) in [5.41, 5.74) is 2.06. The molecule has 0 unspecified atom stereocenters. The van der Waals surface area contributed by atoms with Crippen LogP contribution in [0.2, 0.25) is 0 Å². The second kappa shape index (κ2) is 4.53. The minimum absolute atomic E-state index is 0.530. The summed E-state index contributed by atoms with van der Waals surface area (Å²) in [6.45, 7) is 0. The van der Waals surface area contributed by atoms with Crippen molar-refractivity contribution in [1.82, 2.24) is 9.97 Å². The number of carbonyl (C=O) groups is 1. The van der Waals surface area contributed by atoms with Gasteiger partial charge in [-0.2, -0.15) is 0 Å². The number of hydrogen-bond acceptors (Lipinski definition) is 4. The summed E-state index contributed by atoms with van der Waals surface area (Å²) in [5, 5.41) is 0. The molecule has 4 nitrogen and oxygen atoms in total. The van der Waals surface area contributed by atoms with E-state index in [2.05, 4.69) is 9.97 Å². The van der Waals surface area contributed by atoms with Crippen LogP contribution in [-0.4, -0.2) is 23.4 Å². The molecule has 0 N–H and O–H groups in total. The standard InChI is InChI=1S/C12H10N2O2/c1-16-12-4-2-3-11(14-12)10-5-9(8-15)6-13-7-10/h2-8H,1H3. The lowest BCUT2D eigenvalue weighted by Gasteiger charge is -2.03. The largest absolute Gasteiger partial charge is 0.481 e. The fourth-order valence-corrected chi connectivity index (χ4v) is 1.35. The van der Waals surface area contributed by atoms with Gasteiger partial charge in [-0.1, -0.05) is 6.07 Å². The Kier molecular flexibility index (Phi) is 2.91. The van der Waals surface area contributed by atoms with Crippen LogP contribution in [0.1, 0.15) is 10.4 Å². The molecule has 0 bridgehead atoms. The maximum atomic E-state index is 10.6. The number of rotatable bonds is 3. The molecule has 80 valence electrons. The van der Waals surface area contributed by atoms with E-state index in [-0.39, 0.29) is 0 Å². The minimum atomic E-state index is 0.530. The van der Waals surface area contributed by atoms with Crippen molar-refractivity contribution >= 4 is 6.29 Å². The summed E-state index contributed by atoms with van der Waals surface area (Å²) >= 11 is 0. The van der Waals surface area contributed by atoms with Crippen LogP contribution in [0.5, 0.6) is 5.88 Å². The third-order valence-corrected chi connectivity index (χ3v) is 2.12. The van der Waals surface area contributed by atoms with E-state index in [4.69, 9.17) is 4.74 Å². The zero-order valence-corrected chi connectivity index (χ0v) is 8.75. The quantitative estimate of drug-likeness (QED) is 0.733. The molecular weight excluding hydrogens is 204 g/mol. The molecule has 0 amide bonds. The van der Waals surface area contributed by atoms with Gasteiger partial charge in [0.2, 0.25) is 5.88 Å². The van der Waals surface area contributed by atoms with Crippen molar-refractivity contribution in [3.8, 4) is 17.1 Å². The van der Waals surface area contributed by atoms with Crippen molar-refractivity contribution in [2.75, 3.05) is 7.11 Å². The second-order valence-corrected chi connectivity index (χ2v) is 3.19. The Balaban J connectivity index is 2.45. The summed E-state index contributed by atoms with van der Waals surface area (Å²) < 4.78 is 5.03. The predicted molar refractivity (Wildman–Crippen MR) is 59.4 cm³/mol. The number of carbonyl (C=O) groups excluding carboxylic acids is 1. The molecule has 16 heavy (non-hydrogen) atoms. The van der Waals surface area contributed by atoms with Crippen molar-refractivity contribution in [2.24, 2.45) is 0 Å². The van der Waals surface area contributed by atoms with E-state index >= 15 is 0 Å². The summed E-state index contributed by atoms with van der Waals surface area (Å²) in [6, 6.07) is 7.19. The molecule has 0 aliphatic heterocycles. The van der Waals surface area contributed by atoms with Gasteiger partial charge in [0.25, 0.3) is 0 Å². The zero-order chi connectivity index (χ0) is 11.4. The van der Waals surface area contributed by atoms with Gasteiger partial charge < -0.3 is 4.74 Å². The molecule has 0 fully saturated rings. The van der Waals surface area contributed by atoms with E-state index in [9.17, 15) is 4.79 Å². The third-order valence-electron chi connectivity index (χ3n) is 2.12. The summed E-state index contributed by atoms with van der Waals surface area (Å²) in [4.78, 5) is 18.9. The lowest BCUT2D eigenvalue weighted by Crippen LogP contribution is -1.91. The average Bonchev–Trinajstić information content (AvgIpc) is 2.39. The van der Waals surface area contributed by atoms with Gasteiger partial charge in [-0.3, -0.25) is 9.78 Å². The van der Waals surface area contributed by atoms with Crippen molar-refractivity contribution in [1.29, 1.82) is 0 Å². The van der Waals surface area contributed by atoms with Crippen molar-refractivity contribution < 1.29 is 9.53 Å². The molecule has 0 aliphatic carbocycles. The molecule has 0 radical (unpaired) electrons. The number of pyridine rings is 2. The molecule has 0 saturated carbocycles. The van der Waals surface area contributed by atoms with E-state index in [1.807, 2.05) is 12.1 Å². The van der Waals surface area contributed by atoms with Gasteiger partial charge in [-0.15, -0.1) is 0 Å². The highest BCUT2D eigenvalue weighted by Crippen LogP contribution is 2.19. The highest BCUT2D eigenvalue weighted by Gasteiger charge is 2.02. The molecule has 0 saturated heterocycles. The van der Waals surface area contributed by atoms with Gasteiger partial charge in [-0.05, 0) is 12.1 Å². The Morgan fingerprint density at radius 3 is 2.94 bits per heavy atom. The van der Waals surface area contributed by atoms with Gasteiger partial charge >= 0.3 is 0 Å². The first-order chi connectivity index (χ1) is 7.83. The second-order valence-electron chi connectivity index (χ2n) is 3.19. The van der Waals surface area contributed by atoms with Crippen LogP contribution >= 0.6 is 0 Å². The SMILES string of the molecule is COc1cccc(-c2cncc(C=O)c2)n1. The van der Waals surface area contributed by atoms with Gasteiger partial charge in [0.15, 0.2) is 6.29 Å². The molecule has 2 heterocycles. The van der Waals surface area contributed by atoms with Crippen molar-refractivity contribution in [2.45, 2.75) is 0 Å². The first kappa shape index (κ1) is 10.3. The van der Waals surface area contributed by atoms with Crippen LogP contribution in [0.15, 0.2) is 36.7 Å². The van der Waals surface area contributed by atoms with E-state index in [1.165, 1.54) is 6.20 Å². The fourth-order valence-electron chi connectivity index (χ4n) is 1.35. The monoisotopic (exact) mass is 214 g/mol. The van der Waals surface area contributed by atoms with E-state index in [0.29, 0.717) is 11.4 Å². The van der Waals surface area contributed by atoms with E-state index < -0.39 is 0 Å². The Labute approximate surface area is 92.9 Å². The first-order valence-electron chi connectivity index (χ1n) is 4.75. The molecule has 0 aliphatic rings. The van der Waals surface area contributed by atoms with Crippen LogP contribution in [0.25, 0.3) is 11.3 Å². The van der Waals surface area contributed by atoms with Crippen LogP contribution in [-0.2, 0) is 0 Å². The van der Waals surface area contributed by atoms with Gasteiger partial charge in [-0.25, -0.2) is 4.98 Å². The summed E-state index contributed by atoms with van der Waals surface area (Å²) in [7, 11) is 1.56. The summed E-state index contributed by atoms with van der Waals surface area (Å²) in [5.74, 6) is 0.536. The van der Waals surface area contributed by atoms with Crippen molar-refractivity contribution in [3.63, 3.8) is 0 Å². The maximum Gasteiger partial charge on any atom is 0.213 e. The molecular formula is C12H10N2O2. The molecule has 4 heteroatoms. The molecule has 2 rings (SSSR count). The topological polar surface area (TPSA) is 52.1 Å². The van der Waals surface area contributed by atoms with E-state index in [0.717, 1.165) is 17.5 Å². The normalized spacial score (nSPS) is 9.81. The average molecular weight is 214 g/mol.